The molecule has 0 aromatic heterocycles. The summed E-state index contributed by atoms with van der Waals surface area (Å²) in [6.45, 7) is 4.83. The molecule has 1 saturated heterocycles. The summed E-state index contributed by atoms with van der Waals surface area (Å²) in [5.41, 5.74) is 1.74. The summed E-state index contributed by atoms with van der Waals surface area (Å²) in [5, 5.41) is 2.89. The third kappa shape index (κ3) is 2.53. The maximum Gasteiger partial charge on any atom is 0.252 e. The number of hydrogen-bond donors (Lipinski definition) is 1. The van der Waals surface area contributed by atoms with Crippen LogP contribution in [0.5, 0.6) is 0 Å². The molecule has 112 valence electrons. The molecule has 1 aromatic rings. The zero-order valence-corrected chi connectivity index (χ0v) is 12.3. The number of para-hydroxylation sites is 1. The number of amides is 2. The van der Waals surface area contributed by atoms with Crippen LogP contribution in [-0.2, 0) is 20.9 Å². The number of hydrogen-bond acceptors (Lipinski definition) is 3. The van der Waals surface area contributed by atoms with E-state index in [1.807, 2.05) is 31.2 Å². The van der Waals surface area contributed by atoms with Crippen LogP contribution in [0.25, 0.3) is 0 Å². The molecule has 0 radical (unpaired) electrons. The van der Waals surface area contributed by atoms with Crippen LogP contribution in [0.2, 0.25) is 0 Å². The lowest BCUT2D eigenvalue weighted by molar-refractivity contribution is -0.148. The number of benzene rings is 1. The Bertz CT molecular complexity index is 572. The Kier molecular flexibility index (Phi) is 3.68. The average molecular weight is 288 g/mol. The third-order valence-electron chi connectivity index (χ3n) is 4.38. The van der Waals surface area contributed by atoms with Gasteiger partial charge in [0.25, 0.3) is 5.91 Å². The molecule has 3 rings (SSSR count). The van der Waals surface area contributed by atoms with E-state index in [9.17, 15) is 9.59 Å². The van der Waals surface area contributed by atoms with Gasteiger partial charge in [-0.25, -0.2) is 0 Å². The van der Waals surface area contributed by atoms with Crippen LogP contribution in [0.1, 0.15) is 25.8 Å². The van der Waals surface area contributed by atoms with Gasteiger partial charge in [-0.05, 0) is 30.9 Å². The van der Waals surface area contributed by atoms with Crippen molar-refractivity contribution < 1.29 is 14.3 Å². The lowest BCUT2D eigenvalue weighted by atomic mass is 10.0. The van der Waals surface area contributed by atoms with Crippen LogP contribution in [0, 0.1) is 5.92 Å². The largest absolute Gasteiger partial charge is 0.368 e. The van der Waals surface area contributed by atoms with Gasteiger partial charge in [-0.2, -0.15) is 0 Å². The maximum atomic E-state index is 12.8. The third-order valence-corrected chi connectivity index (χ3v) is 4.38. The summed E-state index contributed by atoms with van der Waals surface area (Å²) in [7, 11) is 0. The number of nitrogens with one attached hydrogen (secondary N) is 1. The van der Waals surface area contributed by atoms with Crippen molar-refractivity contribution in [3.63, 3.8) is 0 Å². The molecule has 3 unspecified atom stereocenters. The van der Waals surface area contributed by atoms with Gasteiger partial charge in [0.05, 0.1) is 0 Å². The normalized spacial score (nSPS) is 28.8. The standard InChI is InChI=1S/C16H20N2O3/c1-10-7-8-21-14(10)16(20)18-9-12-5-3-4-6-13(12)17-15(19)11(18)2/h3-6,10-11,14H,7-9H2,1-2H3,(H,17,19). The summed E-state index contributed by atoms with van der Waals surface area (Å²) in [6, 6.07) is 7.10. The Morgan fingerprint density at radius 2 is 2.10 bits per heavy atom. The molecule has 3 atom stereocenters. The highest BCUT2D eigenvalue weighted by atomic mass is 16.5. The Hall–Kier alpha value is -1.88. The number of carbonyl (C=O) groups excluding carboxylic acids is 2. The molecule has 2 heterocycles. The minimum atomic E-state index is -0.499. The van der Waals surface area contributed by atoms with E-state index in [1.54, 1.807) is 11.8 Å². The first-order valence-corrected chi connectivity index (χ1v) is 7.39. The quantitative estimate of drug-likeness (QED) is 0.857. The van der Waals surface area contributed by atoms with Crippen molar-refractivity contribution in [3.05, 3.63) is 29.8 Å². The van der Waals surface area contributed by atoms with E-state index in [-0.39, 0.29) is 17.7 Å². The molecule has 2 aliphatic rings. The second kappa shape index (κ2) is 5.48. The second-order valence-corrected chi connectivity index (χ2v) is 5.85. The minimum Gasteiger partial charge on any atom is -0.368 e. The van der Waals surface area contributed by atoms with Gasteiger partial charge in [-0.1, -0.05) is 25.1 Å². The molecular formula is C16H20N2O3. The van der Waals surface area contributed by atoms with Gasteiger partial charge in [0.1, 0.15) is 12.1 Å². The lowest BCUT2D eigenvalue weighted by Crippen LogP contribution is -2.48. The Labute approximate surface area is 124 Å². The monoisotopic (exact) mass is 288 g/mol. The SMILES string of the molecule is CC1CCOC1C(=O)N1Cc2ccccc2NC(=O)C1C. The fourth-order valence-corrected chi connectivity index (χ4v) is 2.92. The number of ether oxygens (including phenoxy) is 1. The Balaban J connectivity index is 1.90. The summed E-state index contributed by atoms with van der Waals surface area (Å²) < 4.78 is 5.57. The molecule has 1 N–H and O–H groups in total. The van der Waals surface area contributed by atoms with Gasteiger partial charge >= 0.3 is 0 Å². The molecule has 1 fully saturated rings. The predicted molar refractivity (Wildman–Crippen MR) is 78.6 cm³/mol. The van der Waals surface area contributed by atoms with Gasteiger partial charge in [-0.3, -0.25) is 9.59 Å². The van der Waals surface area contributed by atoms with Crippen LogP contribution >= 0.6 is 0 Å². The fourth-order valence-electron chi connectivity index (χ4n) is 2.92. The van der Waals surface area contributed by atoms with E-state index in [0.29, 0.717) is 13.2 Å². The van der Waals surface area contributed by atoms with Crippen molar-refractivity contribution >= 4 is 17.5 Å². The van der Waals surface area contributed by atoms with E-state index in [2.05, 4.69) is 5.32 Å². The van der Waals surface area contributed by atoms with Crippen molar-refractivity contribution in [1.82, 2.24) is 4.90 Å². The van der Waals surface area contributed by atoms with Crippen molar-refractivity contribution in [2.45, 2.75) is 39.0 Å². The summed E-state index contributed by atoms with van der Waals surface area (Å²) in [4.78, 5) is 26.6. The summed E-state index contributed by atoms with van der Waals surface area (Å²) >= 11 is 0. The van der Waals surface area contributed by atoms with Crippen LogP contribution in [0.3, 0.4) is 0 Å². The topological polar surface area (TPSA) is 58.6 Å². The number of carbonyl (C=O) groups is 2. The van der Waals surface area contributed by atoms with Gasteiger partial charge in [0, 0.05) is 18.8 Å². The van der Waals surface area contributed by atoms with Gasteiger partial charge in [0.15, 0.2) is 0 Å². The van der Waals surface area contributed by atoms with Gasteiger partial charge in [0.2, 0.25) is 5.91 Å². The van der Waals surface area contributed by atoms with Crippen molar-refractivity contribution in [2.24, 2.45) is 5.92 Å². The van der Waals surface area contributed by atoms with Crippen LogP contribution < -0.4 is 5.32 Å². The van der Waals surface area contributed by atoms with Crippen molar-refractivity contribution in [1.29, 1.82) is 0 Å². The molecule has 21 heavy (non-hydrogen) atoms. The molecule has 0 spiro atoms. The van der Waals surface area contributed by atoms with Crippen LogP contribution in [0.4, 0.5) is 5.69 Å². The van der Waals surface area contributed by atoms with Gasteiger partial charge < -0.3 is 15.0 Å². The highest BCUT2D eigenvalue weighted by Crippen LogP contribution is 2.27. The molecule has 2 aliphatic heterocycles. The first-order valence-electron chi connectivity index (χ1n) is 7.39. The van der Waals surface area contributed by atoms with Crippen LogP contribution in [0.15, 0.2) is 24.3 Å². The van der Waals surface area contributed by atoms with E-state index in [4.69, 9.17) is 4.74 Å². The molecule has 1 aromatic carbocycles. The molecule has 0 aliphatic carbocycles. The van der Waals surface area contributed by atoms with E-state index >= 15 is 0 Å². The number of fused-ring (bicyclic) bond motifs is 1. The van der Waals surface area contributed by atoms with E-state index in [1.165, 1.54) is 0 Å². The predicted octanol–water partition coefficient (Wildman–Crippen LogP) is 1.78. The lowest BCUT2D eigenvalue weighted by Gasteiger charge is -2.29. The molecule has 5 heteroatoms. The second-order valence-electron chi connectivity index (χ2n) is 5.85. The number of nitrogens with zero attached hydrogens (tertiary/aromatic N) is 1. The van der Waals surface area contributed by atoms with Crippen LogP contribution in [-0.4, -0.2) is 35.5 Å². The van der Waals surface area contributed by atoms with Crippen molar-refractivity contribution in [2.75, 3.05) is 11.9 Å². The maximum absolute atomic E-state index is 12.8. The Morgan fingerprint density at radius 1 is 1.33 bits per heavy atom. The van der Waals surface area contributed by atoms with Gasteiger partial charge in [-0.15, -0.1) is 0 Å². The van der Waals surface area contributed by atoms with E-state index in [0.717, 1.165) is 17.7 Å². The Morgan fingerprint density at radius 3 is 2.81 bits per heavy atom. The zero-order chi connectivity index (χ0) is 15.0. The molecule has 0 bridgehead atoms. The molecule has 2 amide bonds. The molecular weight excluding hydrogens is 268 g/mol. The molecule has 0 saturated carbocycles. The highest BCUT2D eigenvalue weighted by molar-refractivity contribution is 5.99. The summed E-state index contributed by atoms with van der Waals surface area (Å²) in [5.74, 6) is -0.0374. The number of anilines is 1. The average Bonchev–Trinajstić information content (AvgIpc) is 2.85. The first kappa shape index (κ1) is 14.1. The summed E-state index contributed by atoms with van der Waals surface area (Å²) in [6.07, 6.45) is 0.465. The number of rotatable bonds is 1. The minimum absolute atomic E-state index is 0.0839. The first-order chi connectivity index (χ1) is 10.1. The van der Waals surface area contributed by atoms with Crippen molar-refractivity contribution in [3.8, 4) is 0 Å². The smallest absolute Gasteiger partial charge is 0.252 e. The fraction of sp³-hybridized carbons (Fsp3) is 0.500. The molecule has 5 nitrogen and oxygen atoms in total. The van der Waals surface area contributed by atoms with E-state index < -0.39 is 12.1 Å². The zero-order valence-electron chi connectivity index (χ0n) is 12.3. The highest BCUT2D eigenvalue weighted by Gasteiger charge is 2.38.